The molecule has 3 nitrogen and oxygen atoms in total. The number of methoxy groups -OCH3 is 1. The van der Waals surface area contributed by atoms with Crippen molar-refractivity contribution in [2.45, 2.75) is 32.6 Å². The molecule has 0 aromatic carbocycles. The van der Waals surface area contributed by atoms with Crippen molar-refractivity contribution in [3.8, 4) is 0 Å². The SMILES string of the molecule is CCCCCN1C=CCC(C(=O)OC)=C1. The van der Waals surface area contributed by atoms with E-state index in [9.17, 15) is 4.79 Å². The molecule has 15 heavy (non-hydrogen) atoms. The lowest BCUT2D eigenvalue weighted by Crippen LogP contribution is -2.18. The molecule has 1 rings (SSSR count). The molecule has 0 unspecified atom stereocenters. The van der Waals surface area contributed by atoms with Crippen LogP contribution in [0.5, 0.6) is 0 Å². The van der Waals surface area contributed by atoms with E-state index in [0.717, 1.165) is 18.5 Å². The Labute approximate surface area is 91.4 Å². The minimum absolute atomic E-state index is 0.222. The monoisotopic (exact) mass is 209 g/mol. The number of unbranched alkanes of at least 4 members (excludes halogenated alkanes) is 2. The van der Waals surface area contributed by atoms with E-state index in [1.54, 1.807) is 0 Å². The number of nitrogens with zero attached hydrogens (tertiary/aromatic N) is 1. The van der Waals surface area contributed by atoms with Gasteiger partial charge in [-0.05, 0) is 12.6 Å². The second kappa shape index (κ2) is 6.27. The van der Waals surface area contributed by atoms with Crippen LogP contribution < -0.4 is 0 Å². The molecule has 0 bridgehead atoms. The predicted octanol–water partition coefficient (Wildman–Crippen LogP) is 2.45. The lowest BCUT2D eigenvalue weighted by atomic mass is 10.1. The van der Waals surface area contributed by atoms with Gasteiger partial charge in [0.25, 0.3) is 0 Å². The molecule has 3 heteroatoms. The summed E-state index contributed by atoms with van der Waals surface area (Å²) < 4.78 is 4.70. The van der Waals surface area contributed by atoms with Crippen molar-refractivity contribution in [3.05, 3.63) is 24.0 Å². The summed E-state index contributed by atoms with van der Waals surface area (Å²) in [5.41, 5.74) is 0.733. The normalized spacial score (nSPS) is 15.1. The number of hydrogen-bond donors (Lipinski definition) is 0. The molecule has 1 aliphatic rings. The van der Waals surface area contributed by atoms with Gasteiger partial charge in [0.1, 0.15) is 0 Å². The fourth-order valence-electron chi connectivity index (χ4n) is 1.56. The van der Waals surface area contributed by atoms with Crippen LogP contribution in [0.1, 0.15) is 32.6 Å². The molecule has 84 valence electrons. The van der Waals surface area contributed by atoms with Crippen molar-refractivity contribution in [1.29, 1.82) is 0 Å². The minimum atomic E-state index is -0.222. The van der Waals surface area contributed by atoms with Crippen LogP contribution in [-0.2, 0) is 9.53 Å². The Morgan fingerprint density at radius 3 is 3.00 bits per heavy atom. The third-order valence-electron chi connectivity index (χ3n) is 2.42. The Morgan fingerprint density at radius 2 is 2.33 bits per heavy atom. The third-order valence-corrected chi connectivity index (χ3v) is 2.42. The summed E-state index contributed by atoms with van der Waals surface area (Å²) in [7, 11) is 1.42. The Balaban J connectivity index is 2.44. The number of carbonyl (C=O) groups excluding carboxylic acids is 1. The van der Waals surface area contributed by atoms with Crippen LogP contribution in [0.2, 0.25) is 0 Å². The van der Waals surface area contributed by atoms with Gasteiger partial charge >= 0.3 is 5.97 Å². The summed E-state index contributed by atoms with van der Waals surface area (Å²) in [6.45, 7) is 3.16. The number of ether oxygens (including phenoxy) is 1. The molecule has 0 aromatic heterocycles. The van der Waals surface area contributed by atoms with Crippen LogP contribution >= 0.6 is 0 Å². The summed E-state index contributed by atoms with van der Waals surface area (Å²) in [5.74, 6) is -0.222. The fraction of sp³-hybridized carbons (Fsp3) is 0.583. The van der Waals surface area contributed by atoms with Crippen molar-refractivity contribution in [2.75, 3.05) is 13.7 Å². The van der Waals surface area contributed by atoms with E-state index in [4.69, 9.17) is 4.74 Å². The highest BCUT2D eigenvalue weighted by Gasteiger charge is 2.12. The molecule has 0 atom stereocenters. The lowest BCUT2D eigenvalue weighted by Gasteiger charge is -2.20. The molecule has 1 aliphatic heterocycles. The molecule has 0 saturated heterocycles. The number of carbonyl (C=O) groups is 1. The zero-order valence-electron chi connectivity index (χ0n) is 9.53. The van der Waals surface area contributed by atoms with E-state index in [-0.39, 0.29) is 5.97 Å². The number of allylic oxidation sites excluding steroid dienone is 1. The first kappa shape index (κ1) is 11.8. The van der Waals surface area contributed by atoms with E-state index in [0.29, 0.717) is 6.42 Å². The molecule has 0 spiro atoms. The predicted molar refractivity (Wildman–Crippen MR) is 60.1 cm³/mol. The summed E-state index contributed by atoms with van der Waals surface area (Å²) in [6, 6.07) is 0. The van der Waals surface area contributed by atoms with E-state index in [1.165, 1.54) is 20.0 Å². The quantitative estimate of drug-likeness (QED) is 0.514. The Kier molecular flexibility index (Phi) is 4.95. The van der Waals surface area contributed by atoms with Crippen LogP contribution in [0.4, 0.5) is 0 Å². The summed E-state index contributed by atoms with van der Waals surface area (Å²) in [6.07, 6.45) is 10.2. The average Bonchev–Trinajstić information content (AvgIpc) is 2.29. The fourth-order valence-corrected chi connectivity index (χ4v) is 1.56. The van der Waals surface area contributed by atoms with E-state index in [2.05, 4.69) is 11.8 Å². The van der Waals surface area contributed by atoms with Gasteiger partial charge in [0.15, 0.2) is 0 Å². The van der Waals surface area contributed by atoms with Crippen molar-refractivity contribution in [2.24, 2.45) is 0 Å². The maximum Gasteiger partial charge on any atom is 0.335 e. The summed E-state index contributed by atoms with van der Waals surface area (Å²) in [4.78, 5) is 13.4. The van der Waals surface area contributed by atoms with Gasteiger partial charge in [-0.3, -0.25) is 0 Å². The second-order valence-electron chi connectivity index (χ2n) is 3.68. The van der Waals surface area contributed by atoms with Gasteiger partial charge in [-0.2, -0.15) is 0 Å². The Morgan fingerprint density at radius 1 is 1.53 bits per heavy atom. The molecule has 0 N–H and O–H groups in total. The molecule has 0 aliphatic carbocycles. The van der Waals surface area contributed by atoms with Gasteiger partial charge in [0, 0.05) is 19.2 Å². The van der Waals surface area contributed by atoms with Gasteiger partial charge in [-0.15, -0.1) is 0 Å². The Hall–Kier alpha value is -1.25. The first-order valence-electron chi connectivity index (χ1n) is 5.49. The molecular weight excluding hydrogens is 190 g/mol. The van der Waals surface area contributed by atoms with Crippen LogP contribution in [-0.4, -0.2) is 24.5 Å². The van der Waals surface area contributed by atoms with Crippen LogP contribution in [0.25, 0.3) is 0 Å². The third kappa shape index (κ3) is 3.78. The second-order valence-corrected chi connectivity index (χ2v) is 3.68. The van der Waals surface area contributed by atoms with Crippen molar-refractivity contribution in [3.63, 3.8) is 0 Å². The Bertz CT molecular complexity index is 269. The van der Waals surface area contributed by atoms with Gasteiger partial charge in [0.05, 0.1) is 12.7 Å². The zero-order chi connectivity index (χ0) is 11.1. The molecule has 0 amide bonds. The van der Waals surface area contributed by atoms with Crippen LogP contribution in [0.3, 0.4) is 0 Å². The zero-order valence-corrected chi connectivity index (χ0v) is 9.53. The number of esters is 1. The smallest absolute Gasteiger partial charge is 0.335 e. The standard InChI is InChI=1S/C12H19NO2/c1-3-4-5-8-13-9-6-7-11(10-13)12(14)15-2/h6,9-10H,3-5,7-8H2,1-2H3. The topological polar surface area (TPSA) is 29.5 Å². The maximum absolute atomic E-state index is 11.3. The molecule has 0 fully saturated rings. The minimum Gasteiger partial charge on any atom is -0.466 e. The lowest BCUT2D eigenvalue weighted by molar-refractivity contribution is -0.136. The summed E-state index contributed by atoms with van der Waals surface area (Å²) >= 11 is 0. The molecule has 0 saturated carbocycles. The highest BCUT2D eigenvalue weighted by Crippen LogP contribution is 2.14. The molecular formula is C12H19NO2. The molecule has 0 radical (unpaired) electrons. The summed E-state index contributed by atoms with van der Waals surface area (Å²) in [5, 5.41) is 0. The van der Waals surface area contributed by atoms with Crippen molar-refractivity contribution in [1.82, 2.24) is 4.90 Å². The highest BCUT2D eigenvalue weighted by molar-refractivity contribution is 5.88. The van der Waals surface area contributed by atoms with Crippen LogP contribution in [0, 0.1) is 0 Å². The number of rotatable bonds is 5. The van der Waals surface area contributed by atoms with Gasteiger partial charge in [-0.25, -0.2) is 4.79 Å². The van der Waals surface area contributed by atoms with Gasteiger partial charge in [-0.1, -0.05) is 25.8 Å². The largest absolute Gasteiger partial charge is 0.466 e. The maximum atomic E-state index is 11.3. The van der Waals surface area contributed by atoms with E-state index >= 15 is 0 Å². The van der Waals surface area contributed by atoms with Gasteiger partial charge < -0.3 is 9.64 Å². The first-order valence-corrected chi connectivity index (χ1v) is 5.49. The van der Waals surface area contributed by atoms with E-state index < -0.39 is 0 Å². The average molecular weight is 209 g/mol. The number of hydrogen-bond acceptors (Lipinski definition) is 3. The first-order chi connectivity index (χ1) is 7.27. The molecule has 1 heterocycles. The van der Waals surface area contributed by atoms with Gasteiger partial charge in [0.2, 0.25) is 0 Å². The van der Waals surface area contributed by atoms with Crippen LogP contribution in [0.15, 0.2) is 24.0 Å². The van der Waals surface area contributed by atoms with E-state index in [1.807, 2.05) is 18.5 Å². The molecule has 0 aromatic rings. The van der Waals surface area contributed by atoms with Crippen molar-refractivity contribution >= 4 is 5.97 Å². The van der Waals surface area contributed by atoms with Crippen molar-refractivity contribution < 1.29 is 9.53 Å². The highest BCUT2D eigenvalue weighted by atomic mass is 16.5.